The molecule has 3 N–H and O–H groups in total. The summed E-state index contributed by atoms with van der Waals surface area (Å²) in [6.45, 7) is 1.88. The van der Waals surface area contributed by atoms with Gasteiger partial charge in [-0.3, -0.25) is 4.79 Å². The van der Waals surface area contributed by atoms with Gasteiger partial charge in [-0.2, -0.15) is 0 Å². The topological polar surface area (TPSA) is 69.6 Å². The number of hydrogen-bond acceptors (Lipinski definition) is 3. The van der Waals surface area contributed by atoms with E-state index < -0.39 is 0 Å². The zero-order valence-electron chi connectivity index (χ0n) is 13.3. The average Bonchev–Trinajstić information content (AvgIpc) is 2.60. The van der Waals surface area contributed by atoms with Crippen molar-refractivity contribution in [3.63, 3.8) is 0 Å². The number of benzene rings is 2. The molecule has 0 bridgehead atoms. The number of rotatable bonds is 7. The number of carbonyl (C=O) groups excluding carboxylic acids is 1. The van der Waals surface area contributed by atoms with Gasteiger partial charge in [-0.15, -0.1) is 0 Å². The highest BCUT2D eigenvalue weighted by atomic mass is 16.3. The summed E-state index contributed by atoms with van der Waals surface area (Å²) in [6, 6.07) is 16.7. The first kappa shape index (κ1) is 17.2. The number of aliphatic hydroxyl groups excluding tert-OH is 2. The largest absolute Gasteiger partial charge is 0.394 e. The van der Waals surface area contributed by atoms with E-state index in [0.29, 0.717) is 6.42 Å². The zero-order chi connectivity index (χ0) is 16.7. The minimum Gasteiger partial charge on any atom is -0.394 e. The molecule has 2 rings (SSSR count). The van der Waals surface area contributed by atoms with Gasteiger partial charge in [0.25, 0.3) is 0 Å². The van der Waals surface area contributed by atoms with E-state index in [4.69, 9.17) is 5.11 Å². The molecule has 4 nitrogen and oxygen atoms in total. The molecule has 2 aromatic rings. The normalized spacial score (nSPS) is 13.3. The van der Waals surface area contributed by atoms with Gasteiger partial charge < -0.3 is 15.5 Å². The van der Waals surface area contributed by atoms with Gasteiger partial charge in [0, 0.05) is 6.42 Å². The van der Waals surface area contributed by atoms with Crippen molar-refractivity contribution in [2.45, 2.75) is 31.9 Å². The molecule has 1 amide bonds. The molecule has 0 unspecified atom stereocenters. The molecule has 0 aromatic heterocycles. The van der Waals surface area contributed by atoms with Gasteiger partial charge in [-0.05, 0) is 22.6 Å². The Morgan fingerprint density at radius 2 is 1.65 bits per heavy atom. The molecule has 2 aromatic carbocycles. The Balaban J connectivity index is 1.94. The molecular formula is C19H23NO3. The number of amides is 1. The van der Waals surface area contributed by atoms with Gasteiger partial charge in [-0.25, -0.2) is 0 Å². The van der Waals surface area contributed by atoms with Crippen LogP contribution in [-0.4, -0.2) is 22.7 Å². The minimum absolute atomic E-state index is 0.0183. The SMILES string of the molecule is C[C@H](CC(=O)N[C@H](CO)c1ccccc1)c1ccc(CO)cc1. The van der Waals surface area contributed by atoms with Gasteiger partial charge in [0.05, 0.1) is 19.3 Å². The molecule has 0 aliphatic carbocycles. The first-order valence-corrected chi connectivity index (χ1v) is 7.79. The highest BCUT2D eigenvalue weighted by molar-refractivity contribution is 5.77. The van der Waals surface area contributed by atoms with Crippen molar-refractivity contribution in [2.75, 3.05) is 6.61 Å². The van der Waals surface area contributed by atoms with Crippen LogP contribution in [0.4, 0.5) is 0 Å². The molecule has 0 radical (unpaired) electrons. The maximum atomic E-state index is 12.2. The van der Waals surface area contributed by atoms with Gasteiger partial charge in [-0.1, -0.05) is 61.5 Å². The van der Waals surface area contributed by atoms with Gasteiger partial charge in [0.15, 0.2) is 0 Å². The summed E-state index contributed by atoms with van der Waals surface area (Å²) < 4.78 is 0. The minimum atomic E-state index is -0.382. The molecular weight excluding hydrogens is 290 g/mol. The molecule has 0 aliphatic heterocycles. The lowest BCUT2D eigenvalue weighted by molar-refractivity contribution is -0.122. The van der Waals surface area contributed by atoms with E-state index >= 15 is 0 Å². The molecule has 0 saturated heterocycles. The van der Waals surface area contributed by atoms with Crippen molar-refractivity contribution < 1.29 is 15.0 Å². The second-order valence-corrected chi connectivity index (χ2v) is 5.72. The van der Waals surface area contributed by atoms with E-state index in [1.165, 1.54) is 0 Å². The Bertz CT molecular complexity index is 610. The fourth-order valence-corrected chi connectivity index (χ4v) is 2.52. The fourth-order valence-electron chi connectivity index (χ4n) is 2.52. The van der Waals surface area contributed by atoms with E-state index in [1.54, 1.807) is 0 Å². The predicted molar refractivity (Wildman–Crippen MR) is 89.8 cm³/mol. The quantitative estimate of drug-likeness (QED) is 0.735. The molecule has 0 aliphatic rings. The van der Waals surface area contributed by atoms with E-state index in [9.17, 15) is 9.90 Å². The smallest absolute Gasteiger partial charge is 0.221 e. The summed E-state index contributed by atoms with van der Waals surface area (Å²) in [4.78, 5) is 12.2. The van der Waals surface area contributed by atoms with E-state index in [-0.39, 0.29) is 31.1 Å². The number of aliphatic hydroxyl groups is 2. The third-order valence-electron chi connectivity index (χ3n) is 3.94. The summed E-state index contributed by atoms with van der Waals surface area (Å²) in [5, 5.41) is 21.4. The van der Waals surface area contributed by atoms with Crippen LogP contribution in [0.5, 0.6) is 0 Å². The highest BCUT2D eigenvalue weighted by Gasteiger charge is 2.16. The summed E-state index contributed by atoms with van der Waals surface area (Å²) in [6.07, 6.45) is 0.349. The standard InChI is InChI=1S/C19H23NO3/c1-14(16-9-7-15(12-21)8-10-16)11-19(23)20-18(13-22)17-5-3-2-4-6-17/h2-10,14,18,21-22H,11-13H2,1H3,(H,20,23)/t14-,18-/m1/s1. The Morgan fingerprint density at radius 3 is 2.22 bits per heavy atom. The van der Waals surface area contributed by atoms with Crippen LogP contribution in [0.1, 0.15) is 42.0 Å². The third kappa shape index (κ3) is 4.91. The second kappa shape index (κ2) is 8.46. The lowest BCUT2D eigenvalue weighted by Gasteiger charge is -2.18. The van der Waals surface area contributed by atoms with Crippen molar-refractivity contribution in [1.82, 2.24) is 5.32 Å². The Hall–Kier alpha value is -2.17. The van der Waals surface area contributed by atoms with Crippen LogP contribution in [0, 0.1) is 0 Å². The number of hydrogen-bond donors (Lipinski definition) is 3. The highest BCUT2D eigenvalue weighted by Crippen LogP contribution is 2.20. The van der Waals surface area contributed by atoms with E-state index in [0.717, 1.165) is 16.7 Å². The number of nitrogens with one attached hydrogen (secondary N) is 1. The Labute approximate surface area is 136 Å². The zero-order valence-corrected chi connectivity index (χ0v) is 13.3. The monoisotopic (exact) mass is 313 g/mol. The van der Waals surface area contributed by atoms with Crippen LogP contribution in [0.15, 0.2) is 54.6 Å². The van der Waals surface area contributed by atoms with Gasteiger partial charge in [0.2, 0.25) is 5.91 Å². The maximum Gasteiger partial charge on any atom is 0.221 e. The lowest BCUT2D eigenvalue weighted by atomic mass is 9.96. The second-order valence-electron chi connectivity index (χ2n) is 5.72. The number of carbonyl (C=O) groups is 1. The Kier molecular flexibility index (Phi) is 6.32. The summed E-state index contributed by atoms with van der Waals surface area (Å²) >= 11 is 0. The van der Waals surface area contributed by atoms with Crippen LogP contribution in [0.2, 0.25) is 0 Å². The van der Waals surface area contributed by atoms with Crippen molar-refractivity contribution in [1.29, 1.82) is 0 Å². The lowest BCUT2D eigenvalue weighted by Crippen LogP contribution is -2.31. The fraction of sp³-hybridized carbons (Fsp3) is 0.316. The molecule has 23 heavy (non-hydrogen) atoms. The van der Waals surface area contributed by atoms with Crippen molar-refractivity contribution in [2.24, 2.45) is 0 Å². The van der Waals surface area contributed by atoms with Crippen molar-refractivity contribution >= 4 is 5.91 Å². The average molecular weight is 313 g/mol. The van der Waals surface area contributed by atoms with Gasteiger partial charge >= 0.3 is 0 Å². The Morgan fingerprint density at radius 1 is 1.00 bits per heavy atom. The first-order valence-electron chi connectivity index (χ1n) is 7.79. The third-order valence-corrected chi connectivity index (χ3v) is 3.94. The molecule has 0 fully saturated rings. The summed E-state index contributed by atoms with van der Waals surface area (Å²) in [5.41, 5.74) is 2.80. The summed E-state index contributed by atoms with van der Waals surface area (Å²) in [5.74, 6) is -0.0236. The van der Waals surface area contributed by atoms with Crippen LogP contribution in [0.25, 0.3) is 0 Å². The summed E-state index contributed by atoms with van der Waals surface area (Å²) in [7, 11) is 0. The predicted octanol–water partition coefficient (Wildman–Crippen LogP) is 2.52. The van der Waals surface area contributed by atoms with E-state index in [2.05, 4.69) is 5.32 Å². The molecule has 122 valence electrons. The first-order chi connectivity index (χ1) is 11.1. The molecule has 2 atom stereocenters. The van der Waals surface area contributed by atoms with Crippen molar-refractivity contribution in [3.05, 3.63) is 71.3 Å². The molecule has 4 heteroatoms. The van der Waals surface area contributed by atoms with Crippen molar-refractivity contribution in [3.8, 4) is 0 Å². The van der Waals surface area contributed by atoms with Crippen LogP contribution in [0.3, 0.4) is 0 Å². The molecule has 0 spiro atoms. The van der Waals surface area contributed by atoms with Crippen LogP contribution in [-0.2, 0) is 11.4 Å². The van der Waals surface area contributed by atoms with Crippen LogP contribution >= 0.6 is 0 Å². The molecule has 0 heterocycles. The van der Waals surface area contributed by atoms with E-state index in [1.807, 2.05) is 61.5 Å². The van der Waals surface area contributed by atoms with Gasteiger partial charge in [0.1, 0.15) is 0 Å². The van der Waals surface area contributed by atoms with Crippen LogP contribution < -0.4 is 5.32 Å². The maximum absolute atomic E-state index is 12.2. The molecule has 0 saturated carbocycles.